The Morgan fingerprint density at radius 1 is 1.11 bits per heavy atom. The van der Waals surface area contributed by atoms with Crippen LogP contribution in [0.25, 0.3) is 28.2 Å². The Labute approximate surface area is 161 Å². The third-order valence-corrected chi connectivity index (χ3v) is 4.60. The molecule has 0 aromatic carbocycles. The second-order valence-corrected chi connectivity index (χ2v) is 7.83. The monoisotopic (exact) mass is 390 g/mol. The van der Waals surface area contributed by atoms with E-state index in [1.165, 1.54) is 6.20 Å². The molecule has 4 rings (SSSR count). The predicted octanol–water partition coefficient (Wildman–Crippen LogP) is 2.70. The minimum absolute atomic E-state index is 0.216. The van der Waals surface area contributed by atoms with E-state index in [9.17, 15) is 13.7 Å². The molecule has 0 unspecified atom stereocenters. The molecule has 138 valence electrons. The van der Waals surface area contributed by atoms with Crippen molar-refractivity contribution < 1.29 is 8.42 Å². The Bertz CT molecular complexity index is 1340. The molecule has 1 N–H and O–H groups in total. The molecule has 4 aromatic rings. The minimum atomic E-state index is -3.44. The number of nitrogens with zero attached hydrogens (tertiary/aromatic N) is 5. The number of hydrogen-bond donors (Lipinski definition) is 1. The topological polar surface area (TPSA) is 113 Å². The molecule has 0 bridgehead atoms. The fourth-order valence-corrected chi connectivity index (χ4v) is 3.37. The number of imidazole rings is 1. The van der Waals surface area contributed by atoms with Gasteiger partial charge in [-0.1, -0.05) is 12.1 Å². The van der Waals surface area contributed by atoms with Crippen LogP contribution in [0.4, 0.5) is 5.82 Å². The first kappa shape index (κ1) is 17.6. The van der Waals surface area contributed by atoms with Crippen LogP contribution >= 0.6 is 0 Å². The number of rotatable bonds is 4. The molecule has 0 spiro atoms. The van der Waals surface area contributed by atoms with Crippen molar-refractivity contribution in [3.63, 3.8) is 0 Å². The Hall–Kier alpha value is -3.77. The van der Waals surface area contributed by atoms with Gasteiger partial charge in [0.25, 0.3) is 0 Å². The lowest BCUT2D eigenvalue weighted by molar-refractivity contribution is 0.606. The van der Waals surface area contributed by atoms with Crippen molar-refractivity contribution in [1.82, 2.24) is 19.4 Å². The van der Waals surface area contributed by atoms with E-state index in [-0.39, 0.29) is 5.82 Å². The molecule has 0 aliphatic carbocycles. The number of pyridine rings is 3. The summed E-state index contributed by atoms with van der Waals surface area (Å²) < 4.78 is 27.1. The third-order valence-electron chi connectivity index (χ3n) is 4.02. The van der Waals surface area contributed by atoms with Crippen LogP contribution in [0.1, 0.15) is 5.69 Å². The summed E-state index contributed by atoms with van der Waals surface area (Å²) in [4.78, 5) is 13.0. The summed E-state index contributed by atoms with van der Waals surface area (Å²) in [5.74, 6) is 0.216. The first-order valence-electron chi connectivity index (χ1n) is 8.22. The van der Waals surface area contributed by atoms with Gasteiger partial charge < -0.3 is 0 Å². The van der Waals surface area contributed by atoms with Crippen molar-refractivity contribution in [3.8, 4) is 28.6 Å². The van der Waals surface area contributed by atoms with Gasteiger partial charge in [0.05, 0.1) is 23.8 Å². The van der Waals surface area contributed by atoms with Gasteiger partial charge in [-0.2, -0.15) is 5.26 Å². The molecular formula is C19H14N6O2S. The molecule has 0 atom stereocenters. The fraction of sp³-hybridized carbons (Fsp3) is 0.0526. The van der Waals surface area contributed by atoms with Crippen LogP contribution in [0.3, 0.4) is 0 Å². The summed E-state index contributed by atoms with van der Waals surface area (Å²) in [6.45, 7) is 0. The van der Waals surface area contributed by atoms with E-state index in [1.54, 1.807) is 34.9 Å². The average molecular weight is 390 g/mol. The highest BCUT2D eigenvalue weighted by atomic mass is 32.2. The van der Waals surface area contributed by atoms with Crippen LogP contribution in [-0.2, 0) is 10.0 Å². The van der Waals surface area contributed by atoms with Gasteiger partial charge in [0.15, 0.2) is 0 Å². The van der Waals surface area contributed by atoms with Gasteiger partial charge >= 0.3 is 0 Å². The highest BCUT2D eigenvalue weighted by Crippen LogP contribution is 2.30. The second kappa shape index (κ2) is 6.75. The van der Waals surface area contributed by atoms with E-state index in [4.69, 9.17) is 0 Å². The maximum absolute atomic E-state index is 11.5. The van der Waals surface area contributed by atoms with Gasteiger partial charge in [-0.05, 0) is 30.3 Å². The Morgan fingerprint density at radius 3 is 2.75 bits per heavy atom. The number of hydrogen-bond acceptors (Lipinski definition) is 6. The quantitative estimate of drug-likeness (QED) is 0.573. The molecule has 9 heteroatoms. The smallest absolute Gasteiger partial charge is 0.230 e. The molecule has 8 nitrogen and oxygen atoms in total. The van der Waals surface area contributed by atoms with Gasteiger partial charge in [0, 0.05) is 23.5 Å². The van der Waals surface area contributed by atoms with Crippen LogP contribution in [-0.4, -0.2) is 34.0 Å². The molecule has 0 aliphatic heterocycles. The molecule has 0 amide bonds. The van der Waals surface area contributed by atoms with E-state index in [0.29, 0.717) is 22.7 Å². The van der Waals surface area contributed by atoms with Crippen LogP contribution < -0.4 is 4.72 Å². The lowest BCUT2D eigenvalue weighted by Crippen LogP contribution is -2.11. The van der Waals surface area contributed by atoms with E-state index in [2.05, 4.69) is 25.7 Å². The number of nitriles is 1. The summed E-state index contributed by atoms with van der Waals surface area (Å²) in [6, 6.07) is 14.6. The van der Waals surface area contributed by atoms with Gasteiger partial charge in [0.1, 0.15) is 23.2 Å². The summed E-state index contributed by atoms with van der Waals surface area (Å²) in [7, 11) is -3.44. The molecule has 0 saturated carbocycles. The van der Waals surface area contributed by atoms with Gasteiger partial charge in [-0.15, -0.1) is 0 Å². The Kier molecular flexibility index (Phi) is 4.25. The van der Waals surface area contributed by atoms with Crippen molar-refractivity contribution in [2.75, 3.05) is 11.0 Å². The molecule has 0 fully saturated rings. The zero-order valence-electron chi connectivity index (χ0n) is 14.7. The number of aromatic nitrogens is 4. The first-order chi connectivity index (χ1) is 13.4. The SMILES string of the molecule is CS(=O)(=O)Nc1cccc(-c2ncccc2-c2ccc3ncc(C#N)n3c2)n1. The van der Waals surface area contributed by atoms with Crippen LogP contribution in [0.15, 0.2) is 61.1 Å². The van der Waals surface area contributed by atoms with Gasteiger partial charge in [-0.3, -0.25) is 14.1 Å². The average Bonchev–Trinajstić information content (AvgIpc) is 3.09. The first-order valence-corrected chi connectivity index (χ1v) is 10.1. The molecule has 0 aliphatic rings. The van der Waals surface area contributed by atoms with Gasteiger partial charge in [-0.25, -0.2) is 18.4 Å². The molecule has 0 saturated heterocycles. The lowest BCUT2D eigenvalue weighted by atomic mass is 10.0. The zero-order chi connectivity index (χ0) is 19.7. The summed E-state index contributed by atoms with van der Waals surface area (Å²) in [5.41, 5.74) is 3.84. The molecule has 4 heterocycles. The maximum atomic E-state index is 11.5. The molecular weight excluding hydrogens is 376 g/mol. The van der Waals surface area contributed by atoms with Crippen LogP contribution in [0, 0.1) is 11.3 Å². The van der Waals surface area contributed by atoms with E-state index >= 15 is 0 Å². The van der Waals surface area contributed by atoms with Crippen molar-refractivity contribution >= 4 is 21.5 Å². The number of fused-ring (bicyclic) bond motifs is 1. The van der Waals surface area contributed by atoms with Crippen molar-refractivity contribution in [2.45, 2.75) is 0 Å². The molecule has 28 heavy (non-hydrogen) atoms. The summed E-state index contributed by atoms with van der Waals surface area (Å²) in [6.07, 6.45) is 6.06. The van der Waals surface area contributed by atoms with E-state index in [0.717, 1.165) is 17.4 Å². The normalized spacial score (nSPS) is 11.3. The van der Waals surface area contributed by atoms with Crippen molar-refractivity contribution in [1.29, 1.82) is 5.26 Å². The zero-order valence-corrected chi connectivity index (χ0v) is 15.6. The number of sulfonamides is 1. The van der Waals surface area contributed by atoms with Crippen molar-refractivity contribution in [2.24, 2.45) is 0 Å². The lowest BCUT2D eigenvalue weighted by Gasteiger charge is -2.10. The highest BCUT2D eigenvalue weighted by molar-refractivity contribution is 7.92. The standard InChI is InChI=1S/C19H14N6O2S/c1-28(26,27)24-17-6-2-5-16(23-17)19-15(4-3-9-21-19)13-7-8-18-22-11-14(10-20)25(18)12-13/h2-9,11-12H,1H3,(H,23,24). The van der Waals surface area contributed by atoms with Crippen LogP contribution in [0.5, 0.6) is 0 Å². The highest BCUT2D eigenvalue weighted by Gasteiger charge is 2.13. The molecule has 0 radical (unpaired) electrons. The van der Waals surface area contributed by atoms with Gasteiger partial charge in [0.2, 0.25) is 10.0 Å². The Morgan fingerprint density at radius 2 is 1.96 bits per heavy atom. The fourth-order valence-electron chi connectivity index (χ4n) is 2.88. The number of nitrogens with one attached hydrogen (secondary N) is 1. The predicted molar refractivity (Wildman–Crippen MR) is 105 cm³/mol. The minimum Gasteiger partial charge on any atom is -0.291 e. The largest absolute Gasteiger partial charge is 0.291 e. The number of anilines is 1. The third kappa shape index (κ3) is 3.41. The maximum Gasteiger partial charge on any atom is 0.230 e. The molecule has 4 aromatic heterocycles. The van der Waals surface area contributed by atoms with E-state index < -0.39 is 10.0 Å². The van der Waals surface area contributed by atoms with E-state index in [1.807, 2.05) is 24.4 Å². The Balaban J connectivity index is 1.85. The second-order valence-electron chi connectivity index (χ2n) is 6.08. The van der Waals surface area contributed by atoms with Crippen molar-refractivity contribution in [3.05, 3.63) is 66.7 Å². The van der Waals surface area contributed by atoms with Crippen LogP contribution in [0.2, 0.25) is 0 Å². The summed E-state index contributed by atoms with van der Waals surface area (Å²) >= 11 is 0. The summed E-state index contributed by atoms with van der Waals surface area (Å²) in [5, 5.41) is 9.25.